The normalized spacial score (nSPS) is 11.2. The van der Waals surface area contributed by atoms with Gasteiger partial charge in [-0.3, -0.25) is 4.79 Å². The Labute approximate surface area is 106 Å². The number of carbonyl (C=O) groups excluding carboxylic acids is 1. The fraction of sp³-hybridized carbons (Fsp3) is 0.333. The van der Waals surface area contributed by atoms with Crippen LogP contribution in [0.2, 0.25) is 0 Å². The Kier molecular flexibility index (Phi) is 5.50. The van der Waals surface area contributed by atoms with E-state index < -0.39 is 5.91 Å². The van der Waals surface area contributed by atoms with Crippen molar-refractivity contribution in [2.75, 3.05) is 11.9 Å². The van der Waals surface area contributed by atoms with Gasteiger partial charge in [0, 0.05) is 24.2 Å². The Bertz CT molecular complexity index is 432. The number of anilines is 1. The molecular formula is C12H18N4O2. The molecule has 0 spiro atoms. The molecule has 0 bridgehead atoms. The number of unbranched alkanes of at least 4 members (excludes halogenated alkanes) is 1. The van der Waals surface area contributed by atoms with Crippen molar-refractivity contribution in [3.05, 3.63) is 29.8 Å². The van der Waals surface area contributed by atoms with E-state index in [0.717, 1.165) is 25.1 Å². The van der Waals surface area contributed by atoms with E-state index in [4.69, 9.17) is 16.7 Å². The smallest absolute Gasteiger partial charge is 0.248 e. The third-order valence-electron chi connectivity index (χ3n) is 2.46. The summed E-state index contributed by atoms with van der Waals surface area (Å²) in [5.41, 5.74) is 11.9. The molecule has 1 rings (SSSR count). The highest BCUT2D eigenvalue weighted by Gasteiger charge is 2.00. The molecule has 6 N–H and O–H groups in total. The van der Waals surface area contributed by atoms with E-state index in [-0.39, 0.29) is 5.84 Å². The first kappa shape index (κ1) is 13.8. The molecule has 1 aromatic carbocycles. The van der Waals surface area contributed by atoms with Gasteiger partial charge in [0.2, 0.25) is 5.91 Å². The summed E-state index contributed by atoms with van der Waals surface area (Å²) in [6.07, 6.45) is 2.29. The lowest BCUT2D eigenvalue weighted by Gasteiger charge is -2.07. The summed E-state index contributed by atoms with van der Waals surface area (Å²) >= 11 is 0. The van der Waals surface area contributed by atoms with E-state index in [1.165, 1.54) is 0 Å². The van der Waals surface area contributed by atoms with Gasteiger partial charge in [-0.25, -0.2) is 0 Å². The van der Waals surface area contributed by atoms with Crippen molar-refractivity contribution in [2.45, 2.75) is 19.3 Å². The molecule has 0 saturated heterocycles. The van der Waals surface area contributed by atoms with Crippen molar-refractivity contribution < 1.29 is 10.0 Å². The number of rotatable bonds is 7. The number of amidine groups is 1. The lowest BCUT2D eigenvalue weighted by molar-refractivity contribution is 0.100. The summed E-state index contributed by atoms with van der Waals surface area (Å²) in [4.78, 5) is 11.0. The summed E-state index contributed by atoms with van der Waals surface area (Å²) in [5.74, 6) is -0.198. The van der Waals surface area contributed by atoms with Gasteiger partial charge in [-0.15, -0.1) is 0 Å². The Morgan fingerprint density at radius 3 is 2.78 bits per heavy atom. The second-order valence-corrected chi connectivity index (χ2v) is 3.92. The van der Waals surface area contributed by atoms with Crippen LogP contribution in [0.3, 0.4) is 0 Å². The molecule has 98 valence electrons. The Hall–Kier alpha value is -2.24. The average Bonchev–Trinajstić information content (AvgIpc) is 2.38. The minimum absolute atomic E-state index is 0.241. The highest BCUT2D eigenvalue weighted by Crippen LogP contribution is 2.10. The molecule has 1 amide bonds. The van der Waals surface area contributed by atoms with Crippen molar-refractivity contribution in [3.8, 4) is 0 Å². The van der Waals surface area contributed by atoms with Crippen molar-refractivity contribution >= 4 is 17.4 Å². The maximum atomic E-state index is 11.0. The predicted octanol–water partition coefficient (Wildman–Crippen LogP) is 1.11. The van der Waals surface area contributed by atoms with Crippen LogP contribution in [0.25, 0.3) is 0 Å². The highest BCUT2D eigenvalue weighted by molar-refractivity contribution is 5.93. The highest BCUT2D eigenvalue weighted by atomic mass is 16.4. The van der Waals surface area contributed by atoms with Gasteiger partial charge in [0.1, 0.15) is 5.84 Å². The zero-order valence-corrected chi connectivity index (χ0v) is 10.1. The lowest BCUT2D eigenvalue weighted by atomic mass is 10.2. The van der Waals surface area contributed by atoms with Crippen molar-refractivity contribution in [1.82, 2.24) is 0 Å². The number of nitrogens with one attached hydrogen (secondary N) is 1. The number of oxime groups is 1. The molecule has 1 aromatic rings. The van der Waals surface area contributed by atoms with Crippen molar-refractivity contribution in [2.24, 2.45) is 16.6 Å². The zero-order valence-electron chi connectivity index (χ0n) is 10.1. The van der Waals surface area contributed by atoms with E-state index >= 15 is 0 Å². The summed E-state index contributed by atoms with van der Waals surface area (Å²) in [6, 6.07) is 7.03. The molecule has 0 aliphatic rings. The van der Waals surface area contributed by atoms with Gasteiger partial charge in [-0.1, -0.05) is 11.2 Å². The Balaban J connectivity index is 2.31. The van der Waals surface area contributed by atoms with Crippen LogP contribution in [0, 0.1) is 0 Å². The molecule has 0 heterocycles. The van der Waals surface area contributed by atoms with Gasteiger partial charge in [-0.05, 0) is 31.0 Å². The maximum Gasteiger partial charge on any atom is 0.248 e. The SMILES string of the molecule is NC(=O)c1cccc(NCCCC/C(N)=N/O)c1. The molecule has 0 aliphatic carbocycles. The number of hydrogen-bond donors (Lipinski definition) is 4. The molecule has 0 unspecified atom stereocenters. The van der Waals surface area contributed by atoms with Crippen LogP contribution in [-0.2, 0) is 0 Å². The number of carbonyl (C=O) groups is 1. The largest absolute Gasteiger partial charge is 0.409 e. The van der Waals surface area contributed by atoms with Crippen LogP contribution < -0.4 is 16.8 Å². The molecule has 0 atom stereocenters. The van der Waals surface area contributed by atoms with Gasteiger partial charge in [0.25, 0.3) is 0 Å². The molecule has 6 nitrogen and oxygen atoms in total. The summed E-state index contributed by atoms with van der Waals surface area (Å²) in [6.45, 7) is 0.751. The van der Waals surface area contributed by atoms with E-state index in [1.54, 1.807) is 18.2 Å². The molecule has 0 aromatic heterocycles. The molecule has 0 aliphatic heterocycles. The minimum Gasteiger partial charge on any atom is -0.409 e. The van der Waals surface area contributed by atoms with Crippen LogP contribution in [0.1, 0.15) is 29.6 Å². The van der Waals surface area contributed by atoms with E-state index in [9.17, 15) is 4.79 Å². The van der Waals surface area contributed by atoms with E-state index in [1.807, 2.05) is 6.07 Å². The third kappa shape index (κ3) is 4.73. The second kappa shape index (κ2) is 7.16. The fourth-order valence-corrected chi connectivity index (χ4v) is 1.50. The van der Waals surface area contributed by atoms with Gasteiger partial charge >= 0.3 is 0 Å². The van der Waals surface area contributed by atoms with Crippen molar-refractivity contribution in [1.29, 1.82) is 0 Å². The molecule has 18 heavy (non-hydrogen) atoms. The summed E-state index contributed by atoms with van der Waals surface area (Å²) in [7, 11) is 0. The molecule has 0 saturated carbocycles. The topological polar surface area (TPSA) is 114 Å². The first-order valence-electron chi connectivity index (χ1n) is 5.73. The third-order valence-corrected chi connectivity index (χ3v) is 2.46. The second-order valence-electron chi connectivity index (χ2n) is 3.92. The quantitative estimate of drug-likeness (QED) is 0.191. The number of benzene rings is 1. The molecule has 6 heteroatoms. The van der Waals surface area contributed by atoms with Crippen molar-refractivity contribution in [3.63, 3.8) is 0 Å². The monoisotopic (exact) mass is 250 g/mol. The Morgan fingerprint density at radius 1 is 1.33 bits per heavy atom. The van der Waals surface area contributed by atoms with Crippen LogP contribution in [0.5, 0.6) is 0 Å². The first-order chi connectivity index (χ1) is 8.63. The zero-order chi connectivity index (χ0) is 13.4. The standard InChI is InChI=1S/C12H18N4O2/c13-11(16-18)6-1-2-7-15-10-5-3-4-9(8-10)12(14)17/h3-5,8,15,18H,1-2,6-7H2,(H2,13,16)(H2,14,17). The number of amides is 1. The lowest BCUT2D eigenvalue weighted by Crippen LogP contribution is -2.12. The molecule has 0 fully saturated rings. The van der Waals surface area contributed by atoms with Crippen LogP contribution in [-0.4, -0.2) is 23.5 Å². The van der Waals surface area contributed by atoms with Crippen LogP contribution >= 0.6 is 0 Å². The first-order valence-corrected chi connectivity index (χ1v) is 5.73. The average molecular weight is 250 g/mol. The van der Waals surface area contributed by atoms with Gasteiger partial charge in [-0.2, -0.15) is 0 Å². The van der Waals surface area contributed by atoms with Gasteiger partial charge in [0.05, 0.1) is 0 Å². The van der Waals surface area contributed by atoms with E-state index in [0.29, 0.717) is 12.0 Å². The fourth-order valence-electron chi connectivity index (χ4n) is 1.50. The summed E-state index contributed by atoms with van der Waals surface area (Å²) in [5, 5.41) is 14.4. The summed E-state index contributed by atoms with van der Waals surface area (Å²) < 4.78 is 0. The number of hydrogen-bond acceptors (Lipinski definition) is 4. The number of primary amides is 1. The van der Waals surface area contributed by atoms with Crippen LogP contribution in [0.15, 0.2) is 29.4 Å². The van der Waals surface area contributed by atoms with E-state index in [2.05, 4.69) is 10.5 Å². The van der Waals surface area contributed by atoms with Gasteiger partial charge < -0.3 is 22.0 Å². The molecular weight excluding hydrogens is 232 g/mol. The number of nitrogens with zero attached hydrogens (tertiary/aromatic N) is 1. The molecule has 0 radical (unpaired) electrons. The predicted molar refractivity (Wildman–Crippen MR) is 70.7 cm³/mol. The Morgan fingerprint density at radius 2 is 2.11 bits per heavy atom. The van der Waals surface area contributed by atoms with Gasteiger partial charge in [0.15, 0.2) is 0 Å². The maximum absolute atomic E-state index is 11.0. The minimum atomic E-state index is -0.439. The van der Waals surface area contributed by atoms with Crippen LogP contribution in [0.4, 0.5) is 5.69 Å². The number of nitrogens with two attached hydrogens (primary N) is 2.